The minimum absolute atomic E-state index is 0.103. The molecule has 0 aliphatic carbocycles. The molecule has 0 aliphatic rings. The number of carboxylic acids is 1. The summed E-state index contributed by atoms with van der Waals surface area (Å²) in [5, 5.41) is 24.6. The van der Waals surface area contributed by atoms with Crippen LogP contribution in [-0.4, -0.2) is 83.6 Å². The fraction of sp³-hybridized carbons (Fsp3) is 0.625. The number of rotatable bonds is 15. The number of aliphatic carboxylic acids is 1. The Morgan fingerprint density at radius 3 is 2.03 bits per heavy atom. The molecule has 15 nitrogen and oxygen atoms in total. The Kier molecular flexibility index (Phi) is 12.9. The second-order valence-corrected chi connectivity index (χ2v) is 6.48. The van der Waals surface area contributed by atoms with Crippen LogP contribution in [0.1, 0.15) is 25.7 Å². The normalized spacial score (nSPS) is 13.2. The van der Waals surface area contributed by atoms with Gasteiger partial charge in [0.2, 0.25) is 23.6 Å². The van der Waals surface area contributed by atoms with Crippen LogP contribution in [0.4, 0.5) is 0 Å². The van der Waals surface area contributed by atoms with E-state index in [1.807, 2.05) is 0 Å². The molecule has 0 saturated heterocycles. The Balaban J connectivity index is 4.91. The molecule has 0 fully saturated rings. The highest BCUT2D eigenvalue weighted by molar-refractivity contribution is 5.94. The van der Waals surface area contributed by atoms with E-state index in [4.69, 9.17) is 28.0 Å². The van der Waals surface area contributed by atoms with E-state index in [1.165, 1.54) is 0 Å². The van der Waals surface area contributed by atoms with Crippen LogP contribution in [0.25, 0.3) is 0 Å². The molecular formula is C16H30N8O7. The third-order valence-corrected chi connectivity index (χ3v) is 3.85. The number of primary amides is 1. The Morgan fingerprint density at radius 2 is 1.52 bits per heavy atom. The molecule has 0 aromatic heterocycles. The van der Waals surface area contributed by atoms with E-state index in [2.05, 4.69) is 20.9 Å². The molecule has 0 rings (SSSR count). The maximum atomic E-state index is 12.4. The predicted molar refractivity (Wildman–Crippen MR) is 108 cm³/mol. The molecule has 0 aliphatic heterocycles. The van der Waals surface area contributed by atoms with Crippen LogP contribution in [0.3, 0.4) is 0 Å². The summed E-state index contributed by atoms with van der Waals surface area (Å²) in [6.45, 7) is -1.27. The van der Waals surface area contributed by atoms with Crippen LogP contribution in [0.15, 0.2) is 4.99 Å². The van der Waals surface area contributed by atoms with Gasteiger partial charge in [-0.05, 0) is 19.3 Å². The van der Waals surface area contributed by atoms with Gasteiger partial charge >= 0.3 is 5.97 Å². The molecule has 13 N–H and O–H groups in total. The molecule has 31 heavy (non-hydrogen) atoms. The van der Waals surface area contributed by atoms with E-state index in [0.29, 0.717) is 6.42 Å². The summed E-state index contributed by atoms with van der Waals surface area (Å²) in [4.78, 5) is 61.9. The van der Waals surface area contributed by atoms with Crippen molar-refractivity contribution in [1.82, 2.24) is 16.0 Å². The molecule has 0 saturated carbocycles. The van der Waals surface area contributed by atoms with Crippen LogP contribution in [0.5, 0.6) is 0 Å². The maximum Gasteiger partial charge on any atom is 0.322 e. The van der Waals surface area contributed by atoms with E-state index in [0.717, 1.165) is 0 Å². The van der Waals surface area contributed by atoms with Crippen molar-refractivity contribution in [2.45, 2.75) is 43.8 Å². The minimum Gasteiger partial charge on any atom is -0.480 e. The monoisotopic (exact) mass is 446 g/mol. The number of nitrogens with two attached hydrogens (primary N) is 4. The smallest absolute Gasteiger partial charge is 0.322 e. The third kappa shape index (κ3) is 12.7. The largest absolute Gasteiger partial charge is 0.480 e. The number of nitrogens with one attached hydrogen (secondary N) is 3. The fourth-order valence-electron chi connectivity index (χ4n) is 2.24. The van der Waals surface area contributed by atoms with Crippen LogP contribution >= 0.6 is 0 Å². The van der Waals surface area contributed by atoms with Gasteiger partial charge in [0.25, 0.3) is 0 Å². The first-order valence-electron chi connectivity index (χ1n) is 9.28. The lowest BCUT2D eigenvalue weighted by molar-refractivity contribution is -0.138. The average molecular weight is 446 g/mol. The van der Waals surface area contributed by atoms with Crippen molar-refractivity contribution in [3.63, 3.8) is 0 Å². The molecule has 0 bridgehead atoms. The number of carboxylic acid groups (broad SMARTS) is 1. The summed E-state index contributed by atoms with van der Waals surface area (Å²) in [7, 11) is 0. The number of carbonyl (C=O) groups excluding carboxylic acids is 4. The molecule has 0 aromatic carbocycles. The van der Waals surface area contributed by atoms with E-state index in [9.17, 15) is 29.1 Å². The van der Waals surface area contributed by atoms with E-state index < -0.39 is 60.9 Å². The van der Waals surface area contributed by atoms with Gasteiger partial charge in [-0.15, -0.1) is 0 Å². The molecule has 176 valence electrons. The quantitative estimate of drug-likeness (QED) is 0.0654. The van der Waals surface area contributed by atoms with Gasteiger partial charge in [-0.2, -0.15) is 0 Å². The second-order valence-electron chi connectivity index (χ2n) is 6.48. The number of aliphatic hydroxyl groups is 1. The lowest BCUT2D eigenvalue weighted by Gasteiger charge is -2.22. The number of hydrogen-bond donors (Lipinski definition) is 9. The van der Waals surface area contributed by atoms with Gasteiger partial charge in [-0.25, -0.2) is 0 Å². The average Bonchev–Trinajstić information content (AvgIpc) is 2.69. The Hall–Kier alpha value is -3.46. The zero-order valence-electron chi connectivity index (χ0n) is 16.9. The SMILES string of the molecule is NC(=O)CCC(NC(=O)C(CO)NC(=O)C(N)CCCN=C(N)N)C(=O)NCC(=O)O. The van der Waals surface area contributed by atoms with Crippen molar-refractivity contribution in [3.8, 4) is 0 Å². The first-order valence-corrected chi connectivity index (χ1v) is 9.28. The summed E-state index contributed by atoms with van der Waals surface area (Å²) in [5.41, 5.74) is 21.1. The third-order valence-electron chi connectivity index (χ3n) is 3.85. The lowest BCUT2D eigenvalue weighted by atomic mass is 10.1. The molecule has 4 amide bonds. The Morgan fingerprint density at radius 1 is 0.903 bits per heavy atom. The van der Waals surface area contributed by atoms with Crippen molar-refractivity contribution in [2.24, 2.45) is 27.9 Å². The standard InChI is InChI=1S/C16H30N8O7/c17-8(2-1-5-21-16(19)20)13(29)24-10(7-25)15(31)23-9(3-4-11(18)26)14(30)22-6-12(27)28/h8-10,25H,1-7,17H2,(H2,18,26)(H,22,30)(H,23,31)(H,24,29)(H,27,28)(H4,19,20,21). The molecule has 3 atom stereocenters. The molecular weight excluding hydrogens is 416 g/mol. The number of nitrogens with zero attached hydrogens (tertiary/aromatic N) is 1. The zero-order valence-corrected chi connectivity index (χ0v) is 16.9. The molecule has 0 aromatic rings. The summed E-state index contributed by atoms with van der Waals surface area (Å²) in [6.07, 6.45) is 0.0911. The highest BCUT2D eigenvalue weighted by Gasteiger charge is 2.28. The summed E-state index contributed by atoms with van der Waals surface area (Å²) in [6, 6.07) is -3.78. The van der Waals surface area contributed by atoms with E-state index in [1.54, 1.807) is 0 Å². The molecule has 0 heterocycles. The number of carbonyl (C=O) groups is 5. The Bertz CT molecular complexity index is 681. The van der Waals surface area contributed by atoms with Crippen molar-refractivity contribution in [2.75, 3.05) is 19.7 Å². The van der Waals surface area contributed by atoms with Crippen LogP contribution in [0.2, 0.25) is 0 Å². The predicted octanol–water partition coefficient (Wildman–Crippen LogP) is -5.20. The maximum absolute atomic E-state index is 12.4. The highest BCUT2D eigenvalue weighted by Crippen LogP contribution is 2.00. The molecule has 15 heteroatoms. The first-order chi connectivity index (χ1) is 14.5. The summed E-state index contributed by atoms with van der Waals surface area (Å²) >= 11 is 0. The second kappa shape index (κ2) is 14.5. The van der Waals surface area contributed by atoms with Crippen LogP contribution < -0.4 is 38.9 Å². The van der Waals surface area contributed by atoms with Gasteiger partial charge in [0.05, 0.1) is 12.6 Å². The lowest BCUT2D eigenvalue weighted by Crippen LogP contribution is -2.57. The highest BCUT2D eigenvalue weighted by atomic mass is 16.4. The molecule has 3 unspecified atom stereocenters. The number of hydrogen-bond acceptors (Lipinski definition) is 8. The number of amides is 4. The van der Waals surface area contributed by atoms with Crippen molar-refractivity contribution < 1.29 is 34.2 Å². The van der Waals surface area contributed by atoms with Gasteiger partial charge in [0.1, 0.15) is 18.6 Å². The van der Waals surface area contributed by atoms with Gasteiger partial charge < -0.3 is 49.1 Å². The topological polar surface area (TPSA) is 278 Å². The zero-order chi connectivity index (χ0) is 24.0. The van der Waals surface area contributed by atoms with Crippen molar-refractivity contribution >= 4 is 35.6 Å². The van der Waals surface area contributed by atoms with Gasteiger partial charge in [0, 0.05) is 13.0 Å². The number of aliphatic imine (C=N–C) groups is 1. The minimum atomic E-state index is -1.44. The van der Waals surface area contributed by atoms with Crippen LogP contribution in [-0.2, 0) is 24.0 Å². The molecule has 0 radical (unpaired) electrons. The number of guanidine groups is 1. The van der Waals surface area contributed by atoms with Crippen molar-refractivity contribution in [3.05, 3.63) is 0 Å². The molecule has 0 spiro atoms. The van der Waals surface area contributed by atoms with Crippen LogP contribution in [0, 0.1) is 0 Å². The van der Waals surface area contributed by atoms with Crippen molar-refractivity contribution in [1.29, 1.82) is 0 Å². The van der Waals surface area contributed by atoms with Gasteiger partial charge in [-0.1, -0.05) is 0 Å². The first kappa shape index (κ1) is 27.5. The van der Waals surface area contributed by atoms with E-state index >= 15 is 0 Å². The fourth-order valence-corrected chi connectivity index (χ4v) is 2.24. The number of aliphatic hydroxyl groups excluding tert-OH is 1. The van der Waals surface area contributed by atoms with E-state index in [-0.39, 0.29) is 31.8 Å². The van der Waals surface area contributed by atoms with Gasteiger partial charge in [0.15, 0.2) is 5.96 Å². The summed E-state index contributed by atoms with van der Waals surface area (Å²) < 4.78 is 0. The van der Waals surface area contributed by atoms with Gasteiger partial charge in [-0.3, -0.25) is 29.0 Å². The summed E-state index contributed by atoms with van der Waals surface area (Å²) in [5.74, 6) is -4.72. The Labute approximate surface area is 178 Å².